The molecule has 1 amide bonds. The number of carbonyl (C=O) groups is 1. The average molecular weight is 285 g/mol. The van der Waals surface area contributed by atoms with Crippen molar-refractivity contribution in [2.45, 2.75) is 20.0 Å². The van der Waals surface area contributed by atoms with Crippen molar-refractivity contribution in [1.82, 2.24) is 0 Å². The van der Waals surface area contributed by atoms with Gasteiger partial charge in [-0.3, -0.25) is 4.79 Å². The summed E-state index contributed by atoms with van der Waals surface area (Å²) in [6.07, 6.45) is -0.600. The maximum Gasteiger partial charge on any atom is 0.265 e. The number of aryl methyl sites for hydroxylation is 1. The normalized spacial score (nSPS) is 11.6. The first-order chi connectivity index (χ1) is 10.1. The molecule has 0 bridgehead atoms. The molecule has 0 aliphatic heterocycles. The van der Waals surface area contributed by atoms with Crippen LogP contribution in [0.5, 0.6) is 11.5 Å². The smallest absolute Gasteiger partial charge is 0.265 e. The molecular weight excluding hydrogens is 266 g/mol. The van der Waals surface area contributed by atoms with E-state index in [1.165, 1.54) is 0 Å². The molecule has 0 saturated heterocycles. The van der Waals surface area contributed by atoms with Gasteiger partial charge in [-0.05, 0) is 37.6 Å². The Hall–Kier alpha value is -2.49. The minimum atomic E-state index is -0.600. The molecule has 0 saturated carbocycles. The minimum Gasteiger partial charge on any atom is -0.497 e. The van der Waals surface area contributed by atoms with Crippen LogP contribution in [0, 0.1) is 6.92 Å². The molecule has 1 N–H and O–H groups in total. The van der Waals surface area contributed by atoms with Crippen molar-refractivity contribution < 1.29 is 14.3 Å². The predicted molar refractivity (Wildman–Crippen MR) is 82.9 cm³/mol. The van der Waals surface area contributed by atoms with E-state index in [-0.39, 0.29) is 5.91 Å². The lowest BCUT2D eigenvalue weighted by Crippen LogP contribution is -2.30. The number of methoxy groups -OCH3 is 1. The molecule has 1 unspecified atom stereocenters. The Balaban J connectivity index is 2.01. The van der Waals surface area contributed by atoms with Crippen LogP contribution in [-0.2, 0) is 4.79 Å². The van der Waals surface area contributed by atoms with Crippen molar-refractivity contribution in [3.8, 4) is 11.5 Å². The molecule has 2 aromatic carbocycles. The number of hydrogen-bond acceptors (Lipinski definition) is 3. The number of ether oxygens (including phenoxy) is 2. The number of benzene rings is 2. The molecule has 2 rings (SSSR count). The van der Waals surface area contributed by atoms with E-state index in [4.69, 9.17) is 9.47 Å². The highest BCUT2D eigenvalue weighted by atomic mass is 16.5. The molecule has 2 aromatic rings. The van der Waals surface area contributed by atoms with Gasteiger partial charge in [0.2, 0.25) is 0 Å². The summed E-state index contributed by atoms with van der Waals surface area (Å²) in [5, 5.41) is 2.86. The molecule has 0 radical (unpaired) electrons. The van der Waals surface area contributed by atoms with Gasteiger partial charge in [-0.2, -0.15) is 0 Å². The van der Waals surface area contributed by atoms with Crippen LogP contribution in [-0.4, -0.2) is 19.1 Å². The lowest BCUT2D eigenvalue weighted by Gasteiger charge is -2.16. The van der Waals surface area contributed by atoms with Crippen LogP contribution in [0.4, 0.5) is 5.69 Å². The zero-order valence-electron chi connectivity index (χ0n) is 12.4. The predicted octanol–water partition coefficient (Wildman–Crippen LogP) is 3.41. The standard InChI is InChI=1S/C17H19NO3/c1-12-7-4-5-10-16(12)18-17(19)13(2)21-15-9-6-8-14(11-15)20-3/h4-11,13H,1-3H3,(H,18,19). The van der Waals surface area contributed by atoms with Gasteiger partial charge < -0.3 is 14.8 Å². The Labute approximate surface area is 124 Å². The fraction of sp³-hybridized carbons (Fsp3) is 0.235. The third-order valence-corrected chi connectivity index (χ3v) is 3.13. The van der Waals surface area contributed by atoms with E-state index in [9.17, 15) is 4.79 Å². The average Bonchev–Trinajstić information content (AvgIpc) is 2.49. The summed E-state index contributed by atoms with van der Waals surface area (Å²) in [7, 11) is 1.59. The third kappa shape index (κ3) is 3.99. The number of rotatable bonds is 5. The van der Waals surface area contributed by atoms with Gasteiger partial charge in [-0.15, -0.1) is 0 Å². The Morgan fingerprint density at radius 3 is 2.52 bits per heavy atom. The lowest BCUT2D eigenvalue weighted by molar-refractivity contribution is -0.122. The van der Waals surface area contributed by atoms with Gasteiger partial charge in [0.05, 0.1) is 7.11 Å². The van der Waals surface area contributed by atoms with Gasteiger partial charge >= 0.3 is 0 Å². The summed E-state index contributed by atoms with van der Waals surface area (Å²) in [6.45, 7) is 3.66. The highest BCUT2D eigenvalue weighted by molar-refractivity contribution is 5.94. The number of para-hydroxylation sites is 1. The number of carbonyl (C=O) groups excluding carboxylic acids is 1. The molecule has 0 aliphatic carbocycles. The third-order valence-electron chi connectivity index (χ3n) is 3.13. The number of hydrogen-bond donors (Lipinski definition) is 1. The van der Waals surface area contributed by atoms with Crippen molar-refractivity contribution in [2.24, 2.45) is 0 Å². The van der Waals surface area contributed by atoms with Crippen molar-refractivity contribution in [3.05, 3.63) is 54.1 Å². The Kier molecular flexibility index (Phi) is 4.82. The van der Waals surface area contributed by atoms with E-state index in [0.717, 1.165) is 11.3 Å². The van der Waals surface area contributed by atoms with Crippen molar-refractivity contribution in [1.29, 1.82) is 0 Å². The first kappa shape index (κ1) is 14.9. The van der Waals surface area contributed by atoms with Gasteiger partial charge in [0, 0.05) is 11.8 Å². The van der Waals surface area contributed by atoms with Crippen molar-refractivity contribution >= 4 is 11.6 Å². The van der Waals surface area contributed by atoms with Crippen LogP contribution in [0.3, 0.4) is 0 Å². The molecule has 1 atom stereocenters. The van der Waals surface area contributed by atoms with Gasteiger partial charge in [-0.1, -0.05) is 24.3 Å². The number of nitrogens with one attached hydrogen (secondary N) is 1. The van der Waals surface area contributed by atoms with Gasteiger partial charge in [-0.25, -0.2) is 0 Å². The zero-order chi connectivity index (χ0) is 15.2. The maximum absolute atomic E-state index is 12.2. The van der Waals surface area contributed by atoms with E-state index in [2.05, 4.69) is 5.32 Å². The molecule has 0 fully saturated rings. The number of anilines is 1. The molecule has 0 aliphatic rings. The summed E-state index contributed by atoms with van der Waals surface area (Å²) < 4.78 is 10.8. The number of amides is 1. The van der Waals surface area contributed by atoms with E-state index >= 15 is 0 Å². The highest BCUT2D eigenvalue weighted by Gasteiger charge is 2.15. The molecule has 110 valence electrons. The first-order valence-corrected chi connectivity index (χ1v) is 6.77. The molecule has 21 heavy (non-hydrogen) atoms. The zero-order valence-corrected chi connectivity index (χ0v) is 12.4. The van der Waals surface area contributed by atoms with Crippen LogP contribution in [0.1, 0.15) is 12.5 Å². The molecule has 0 aromatic heterocycles. The van der Waals surface area contributed by atoms with Crippen LogP contribution in [0.25, 0.3) is 0 Å². The summed E-state index contributed by atoms with van der Waals surface area (Å²) in [5.41, 5.74) is 1.81. The second kappa shape index (κ2) is 6.79. The van der Waals surface area contributed by atoms with Crippen molar-refractivity contribution in [2.75, 3.05) is 12.4 Å². The van der Waals surface area contributed by atoms with E-state index < -0.39 is 6.10 Å². The topological polar surface area (TPSA) is 47.6 Å². The SMILES string of the molecule is COc1cccc(OC(C)C(=O)Nc2ccccc2C)c1. The van der Waals surface area contributed by atoms with Gasteiger partial charge in [0.1, 0.15) is 11.5 Å². The monoisotopic (exact) mass is 285 g/mol. The lowest BCUT2D eigenvalue weighted by atomic mass is 10.2. The first-order valence-electron chi connectivity index (χ1n) is 6.77. The fourth-order valence-electron chi connectivity index (χ4n) is 1.88. The molecular formula is C17H19NO3. The summed E-state index contributed by atoms with van der Waals surface area (Å²) in [4.78, 5) is 12.2. The summed E-state index contributed by atoms with van der Waals surface area (Å²) in [5.74, 6) is 1.10. The quantitative estimate of drug-likeness (QED) is 0.915. The Morgan fingerprint density at radius 2 is 1.81 bits per heavy atom. The van der Waals surface area contributed by atoms with E-state index in [1.54, 1.807) is 26.2 Å². The van der Waals surface area contributed by atoms with E-state index in [1.807, 2.05) is 43.3 Å². The van der Waals surface area contributed by atoms with Crippen LogP contribution in [0.2, 0.25) is 0 Å². The summed E-state index contributed by atoms with van der Waals surface area (Å²) in [6, 6.07) is 14.8. The molecule has 4 heteroatoms. The fourth-order valence-corrected chi connectivity index (χ4v) is 1.88. The molecule has 0 heterocycles. The second-order valence-corrected chi connectivity index (χ2v) is 4.74. The largest absolute Gasteiger partial charge is 0.497 e. The highest BCUT2D eigenvalue weighted by Crippen LogP contribution is 2.20. The van der Waals surface area contributed by atoms with Gasteiger partial charge in [0.25, 0.3) is 5.91 Å². The van der Waals surface area contributed by atoms with Gasteiger partial charge in [0.15, 0.2) is 6.10 Å². The molecule has 4 nitrogen and oxygen atoms in total. The molecule has 0 spiro atoms. The van der Waals surface area contributed by atoms with Crippen molar-refractivity contribution in [3.63, 3.8) is 0 Å². The Morgan fingerprint density at radius 1 is 1.10 bits per heavy atom. The summed E-state index contributed by atoms with van der Waals surface area (Å²) >= 11 is 0. The Bertz CT molecular complexity index is 625. The minimum absolute atomic E-state index is 0.188. The second-order valence-electron chi connectivity index (χ2n) is 4.74. The maximum atomic E-state index is 12.2. The van der Waals surface area contributed by atoms with E-state index in [0.29, 0.717) is 11.5 Å². The van der Waals surface area contributed by atoms with Crippen LogP contribution < -0.4 is 14.8 Å². The van der Waals surface area contributed by atoms with Crippen LogP contribution in [0.15, 0.2) is 48.5 Å². The van der Waals surface area contributed by atoms with Crippen LogP contribution >= 0.6 is 0 Å².